The first-order valence-corrected chi connectivity index (χ1v) is 8.12. The topological polar surface area (TPSA) is 66.9 Å². The summed E-state index contributed by atoms with van der Waals surface area (Å²) < 4.78 is 0. The van der Waals surface area contributed by atoms with Gasteiger partial charge in [0.15, 0.2) is 0 Å². The maximum Gasteiger partial charge on any atom is 0.282 e. The van der Waals surface area contributed by atoms with Crippen LogP contribution in [-0.2, 0) is 5.41 Å². The number of rotatable bonds is 6. The number of nitrogens with one attached hydrogen (secondary N) is 2. The molecule has 0 aliphatic heterocycles. The van der Waals surface area contributed by atoms with E-state index in [9.17, 15) is 4.79 Å². The van der Waals surface area contributed by atoms with Crippen LogP contribution in [0.3, 0.4) is 0 Å². The fourth-order valence-corrected chi connectivity index (χ4v) is 3.25. The van der Waals surface area contributed by atoms with Crippen molar-refractivity contribution in [1.29, 1.82) is 0 Å². The number of amides is 1. The molecule has 20 heavy (non-hydrogen) atoms. The molecule has 0 unspecified atom stereocenters. The molecule has 0 spiro atoms. The van der Waals surface area contributed by atoms with E-state index >= 15 is 0 Å². The van der Waals surface area contributed by atoms with Gasteiger partial charge in [-0.2, -0.15) is 0 Å². The first-order chi connectivity index (χ1) is 9.53. The number of thiophene rings is 1. The zero-order valence-corrected chi connectivity index (χ0v) is 13.4. The van der Waals surface area contributed by atoms with E-state index in [0.29, 0.717) is 16.7 Å². The summed E-state index contributed by atoms with van der Waals surface area (Å²) in [6.07, 6.45) is 0. The van der Waals surface area contributed by atoms with Crippen LogP contribution in [0, 0.1) is 0 Å². The van der Waals surface area contributed by atoms with Crippen LogP contribution in [0.15, 0.2) is 17.5 Å². The van der Waals surface area contributed by atoms with Gasteiger partial charge in [-0.05, 0) is 18.4 Å². The molecule has 0 aliphatic carbocycles. The summed E-state index contributed by atoms with van der Waals surface area (Å²) in [6, 6.07) is 4.11. The molecule has 2 aromatic rings. The number of anilines is 1. The molecule has 0 aromatic carbocycles. The molecule has 0 saturated carbocycles. The van der Waals surface area contributed by atoms with Crippen LogP contribution in [0.2, 0.25) is 0 Å². The Labute approximate surface area is 126 Å². The van der Waals surface area contributed by atoms with Crippen LogP contribution in [0.4, 0.5) is 5.13 Å². The van der Waals surface area contributed by atoms with E-state index in [-0.39, 0.29) is 11.3 Å². The minimum atomic E-state index is -0.170. The number of hydrogen-bond donors (Lipinski definition) is 2. The van der Waals surface area contributed by atoms with Crippen molar-refractivity contribution in [3.05, 3.63) is 27.4 Å². The monoisotopic (exact) mass is 310 g/mol. The first-order valence-electron chi connectivity index (χ1n) is 6.42. The Morgan fingerprint density at radius 1 is 1.40 bits per heavy atom. The standard InChI is InChI=1S/C13H18N4OS2/c1-4-14-12-17-16-11(20-12)10(18)15-8-13(2,3)9-6-5-7-19-9/h5-7H,4,8H2,1-3H3,(H,14,17)(H,15,18). The van der Waals surface area contributed by atoms with Gasteiger partial charge in [-0.25, -0.2) is 0 Å². The lowest BCUT2D eigenvalue weighted by molar-refractivity contribution is 0.0945. The summed E-state index contributed by atoms with van der Waals surface area (Å²) in [6.45, 7) is 7.54. The number of carbonyl (C=O) groups is 1. The van der Waals surface area contributed by atoms with E-state index in [1.807, 2.05) is 18.4 Å². The Hall–Kier alpha value is -1.47. The quantitative estimate of drug-likeness (QED) is 0.861. The third-order valence-electron chi connectivity index (χ3n) is 2.83. The molecule has 0 saturated heterocycles. The largest absolute Gasteiger partial charge is 0.360 e. The van der Waals surface area contributed by atoms with Gasteiger partial charge in [0.25, 0.3) is 5.91 Å². The molecule has 2 aromatic heterocycles. The molecule has 0 bridgehead atoms. The van der Waals surface area contributed by atoms with Gasteiger partial charge in [0.1, 0.15) is 0 Å². The van der Waals surface area contributed by atoms with Crippen LogP contribution in [0.25, 0.3) is 0 Å². The maximum atomic E-state index is 12.1. The molecule has 2 rings (SSSR count). The Morgan fingerprint density at radius 3 is 2.85 bits per heavy atom. The highest BCUT2D eigenvalue weighted by atomic mass is 32.1. The molecule has 0 aliphatic rings. The minimum absolute atomic E-state index is 0.0843. The van der Waals surface area contributed by atoms with Gasteiger partial charge < -0.3 is 10.6 Å². The molecule has 0 radical (unpaired) electrons. The second-order valence-electron chi connectivity index (χ2n) is 4.99. The molecular weight excluding hydrogens is 292 g/mol. The molecule has 2 heterocycles. The minimum Gasteiger partial charge on any atom is -0.360 e. The van der Waals surface area contributed by atoms with Crippen molar-refractivity contribution < 1.29 is 4.79 Å². The van der Waals surface area contributed by atoms with Crippen LogP contribution < -0.4 is 10.6 Å². The van der Waals surface area contributed by atoms with Crippen molar-refractivity contribution in [2.24, 2.45) is 0 Å². The van der Waals surface area contributed by atoms with Crippen LogP contribution >= 0.6 is 22.7 Å². The Morgan fingerprint density at radius 2 is 2.20 bits per heavy atom. The smallest absolute Gasteiger partial charge is 0.282 e. The zero-order valence-electron chi connectivity index (χ0n) is 11.8. The second kappa shape index (κ2) is 6.32. The lowest BCUT2D eigenvalue weighted by atomic mass is 9.91. The van der Waals surface area contributed by atoms with E-state index in [1.165, 1.54) is 16.2 Å². The molecule has 1 amide bonds. The van der Waals surface area contributed by atoms with Crippen molar-refractivity contribution >= 4 is 33.7 Å². The van der Waals surface area contributed by atoms with Gasteiger partial charge >= 0.3 is 0 Å². The molecule has 0 fully saturated rings. The molecular formula is C13H18N4OS2. The van der Waals surface area contributed by atoms with Crippen LogP contribution in [0.1, 0.15) is 35.5 Å². The van der Waals surface area contributed by atoms with Crippen molar-refractivity contribution in [3.63, 3.8) is 0 Å². The van der Waals surface area contributed by atoms with Crippen molar-refractivity contribution in [3.8, 4) is 0 Å². The number of hydrogen-bond acceptors (Lipinski definition) is 6. The highest BCUT2D eigenvalue weighted by Gasteiger charge is 2.23. The van der Waals surface area contributed by atoms with Gasteiger partial charge in [0, 0.05) is 23.4 Å². The average Bonchev–Trinajstić information content (AvgIpc) is 3.07. The van der Waals surface area contributed by atoms with E-state index in [2.05, 4.69) is 40.7 Å². The fraction of sp³-hybridized carbons (Fsp3) is 0.462. The zero-order chi connectivity index (χ0) is 14.6. The van der Waals surface area contributed by atoms with Crippen molar-refractivity contribution in [2.45, 2.75) is 26.2 Å². The summed E-state index contributed by atoms with van der Waals surface area (Å²) in [5.41, 5.74) is -0.0843. The van der Waals surface area contributed by atoms with Crippen molar-refractivity contribution in [1.82, 2.24) is 15.5 Å². The number of aromatic nitrogens is 2. The van der Waals surface area contributed by atoms with E-state index in [0.717, 1.165) is 6.54 Å². The second-order valence-corrected chi connectivity index (χ2v) is 6.91. The predicted octanol–water partition coefficient (Wildman–Crippen LogP) is 2.74. The Kier molecular flexibility index (Phi) is 4.72. The van der Waals surface area contributed by atoms with Crippen molar-refractivity contribution in [2.75, 3.05) is 18.4 Å². The molecule has 7 heteroatoms. The third-order valence-corrected chi connectivity index (χ3v) is 4.94. The molecule has 5 nitrogen and oxygen atoms in total. The third kappa shape index (κ3) is 3.55. The number of nitrogens with zero attached hydrogens (tertiary/aromatic N) is 2. The van der Waals surface area contributed by atoms with Gasteiger partial charge in [0.05, 0.1) is 0 Å². The van der Waals surface area contributed by atoms with Gasteiger partial charge in [-0.1, -0.05) is 31.3 Å². The van der Waals surface area contributed by atoms with E-state index in [1.54, 1.807) is 11.3 Å². The number of carbonyl (C=O) groups excluding carboxylic acids is 1. The Balaban J connectivity index is 1.94. The molecule has 0 atom stereocenters. The summed E-state index contributed by atoms with van der Waals surface area (Å²) in [4.78, 5) is 13.3. The summed E-state index contributed by atoms with van der Waals surface area (Å²) in [7, 11) is 0. The summed E-state index contributed by atoms with van der Waals surface area (Å²) in [5, 5.41) is 16.9. The van der Waals surface area contributed by atoms with Gasteiger partial charge in [-0.15, -0.1) is 21.5 Å². The normalized spacial score (nSPS) is 11.3. The highest BCUT2D eigenvalue weighted by Crippen LogP contribution is 2.26. The predicted molar refractivity (Wildman–Crippen MR) is 83.8 cm³/mol. The lowest BCUT2D eigenvalue weighted by Crippen LogP contribution is -2.36. The van der Waals surface area contributed by atoms with E-state index in [4.69, 9.17) is 0 Å². The molecule has 108 valence electrons. The fourth-order valence-electron chi connectivity index (χ4n) is 1.67. The Bertz CT molecular complexity index is 563. The lowest BCUT2D eigenvalue weighted by Gasteiger charge is -2.23. The first kappa shape index (κ1) is 14.9. The van der Waals surface area contributed by atoms with Crippen LogP contribution in [0.5, 0.6) is 0 Å². The summed E-state index contributed by atoms with van der Waals surface area (Å²) >= 11 is 2.97. The summed E-state index contributed by atoms with van der Waals surface area (Å²) in [5.74, 6) is -0.170. The highest BCUT2D eigenvalue weighted by molar-refractivity contribution is 7.17. The van der Waals surface area contributed by atoms with Gasteiger partial charge in [0.2, 0.25) is 10.1 Å². The SMILES string of the molecule is CCNc1nnc(C(=O)NCC(C)(C)c2cccs2)s1. The van der Waals surface area contributed by atoms with Crippen LogP contribution in [-0.4, -0.2) is 29.2 Å². The van der Waals surface area contributed by atoms with Gasteiger partial charge in [-0.3, -0.25) is 4.79 Å². The average molecular weight is 310 g/mol. The van der Waals surface area contributed by atoms with E-state index < -0.39 is 0 Å². The maximum absolute atomic E-state index is 12.1. The molecule has 2 N–H and O–H groups in total.